The molecule has 0 saturated carbocycles. The van der Waals surface area contributed by atoms with Gasteiger partial charge in [0.2, 0.25) is 10.0 Å². The first-order valence-corrected chi connectivity index (χ1v) is 12.0. The average Bonchev–Trinajstić information content (AvgIpc) is 3.22. The molecule has 0 aromatic carbocycles. The molecule has 1 atom stereocenters. The lowest BCUT2D eigenvalue weighted by atomic mass is 10.1. The van der Waals surface area contributed by atoms with E-state index in [1.165, 1.54) is 6.26 Å². The number of carbonyl (C=O) groups is 2. The first kappa shape index (κ1) is 31.8. The maximum Gasteiger partial charge on any atom is 0.490 e. The Morgan fingerprint density at radius 1 is 1.05 bits per heavy atom. The number of nitrogens with zero attached hydrogens (tertiary/aromatic N) is 4. The Labute approximate surface area is 206 Å². The topological polar surface area (TPSA) is 155 Å². The second kappa shape index (κ2) is 13.3. The molecule has 1 aliphatic heterocycles. The second-order valence-electron chi connectivity index (χ2n) is 7.47. The van der Waals surface area contributed by atoms with E-state index < -0.39 is 34.3 Å². The summed E-state index contributed by atoms with van der Waals surface area (Å²) in [7, 11) is -3.15. The molecule has 3 rings (SSSR count). The van der Waals surface area contributed by atoms with Gasteiger partial charge in [0.25, 0.3) is 0 Å². The summed E-state index contributed by atoms with van der Waals surface area (Å²) in [6.45, 7) is 2.85. The number of hydrogen-bond acceptors (Lipinski definition) is 7. The van der Waals surface area contributed by atoms with E-state index >= 15 is 0 Å². The lowest BCUT2D eigenvalue weighted by Crippen LogP contribution is -2.39. The van der Waals surface area contributed by atoms with Crippen LogP contribution in [0.5, 0.6) is 0 Å². The highest BCUT2D eigenvalue weighted by Crippen LogP contribution is 2.23. The van der Waals surface area contributed by atoms with E-state index in [9.17, 15) is 34.8 Å². The van der Waals surface area contributed by atoms with Gasteiger partial charge >= 0.3 is 24.3 Å². The van der Waals surface area contributed by atoms with E-state index in [0.29, 0.717) is 13.0 Å². The third-order valence-corrected chi connectivity index (χ3v) is 5.12. The highest BCUT2D eigenvalue weighted by Gasteiger charge is 2.38. The van der Waals surface area contributed by atoms with Crippen LogP contribution >= 0.6 is 0 Å². The minimum Gasteiger partial charge on any atom is -0.475 e. The van der Waals surface area contributed by atoms with Gasteiger partial charge in [0.1, 0.15) is 0 Å². The maximum atomic E-state index is 11.2. The van der Waals surface area contributed by atoms with Crippen LogP contribution in [0.4, 0.5) is 26.3 Å². The molecule has 0 spiro atoms. The molecule has 1 unspecified atom stereocenters. The summed E-state index contributed by atoms with van der Waals surface area (Å²) in [4.78, 5) is 24.5. The van der Waals surface area contributed by atoms with Crippen molar-refractivity contribution in [3.05, 3.63) is 48.0 Å². The number of aliphatic carboxylic acids is 2. The van der Waals surface area contributed by atoms with Gasteiger partial charge in [0, 0.05) is 38.6 Å². The van der Waals surface area contributed by atoms with Gasteiger partial charge in [0.15, 0.2) is 0 Å². The molecule has 0 aliphatic carbocycles. The monoisotopic (exact) mass is 563 g/mol. The molecule has 0 saturated heterocycles. The molecule has 2 aromatic rings. The number of alkyl halides is 6. The molecule has 0 radical (unpaired) electrons. The number of nitrogens with one attached hydrogen (secondary N) is 1. The fraction of sp³-hybridized carbons (Fsp3) is 0.474. The van der Waals surface area contributed by atoms with E-state index in [1.807, 2.05) is 28.9 Å². The van der Waals surface area contributed by atoms with Gasteiger partial charge in [-0.2, -0.15) is 31.4 Å². The van der Waals surface area contributed by atoms with Gasteiger partial charge in [-0.1, -0.05) is 6.07 Å². The molecule has 2 aromatic heterocycles. The molecule has 0 fully saturated rings. The molecular formula is C19H23F6N5O6S. The number of fused-ring (bicyclic) bond motifs is 1. The Bertz CT molecular complexity index is 1100. The van der Waals surface area contributed by atoms with E-state index in [4.69, 9.17) is 19.8 Å². The largest absolute Gasteiger partial charge is 0.490 e. The zero-order valence-electron chi connectivity index (χ0n) is 19.1. The van der Waals surface area contributed by atoms with Crippen molar-refractivity contribution in [1.29, 1.82) is 0 Å². The van der Waals surface area contributed by atoms with Crippen molar-refractivity contribution in [3.8, 4) is 0 Å². The summed E-state index contributed by atoms with van der Waals surface area (Å²) in [6.07, 6.45) is -4.67. The van der Waals surface area contributed by atoms with E-state index in [1.54, 1.807) is 12.4 Å². The molecule has 11 nitrogen and oxygen atoms in total. The van der Waals surface area contributed by atoms with Crippen molar-refractivity contribution in [1.82, 2.24) is 24.4 Å². The van der Waals surface area contributed by atoms with Crippen molar-refractivity contribution < 1.29 is 54.6 Å². The molecular weight excluding hydrogens is 540 g/mol. The number of carboxylic acid groups (broad SMARTS) is 2. The number of sulfonamides is 1. The standard InChI is InChI=1S/C15H21N5O2S.2C2HF3O2/c1-23(21,22)18-9-6-15-12-19(10-13-4-2-3-7-16-13)11-14-5-8-17-20(14)15;2*3-2(4,5)1(6)7/h2-5,7-8,15,18H,6,9-12H2,1H3;2*(H,6,7). The normalized spacial score (nSPS) is 15.9. The zero-order valence-corrected chi connectivity index (χ0v) is 19.9. The summed E-state index contributed by atoms with van der Waals surface area (Å²) >= 11 is 0. The van der Waals surface area contributed by atoms with Crippen LogP contribution in [0.1, 0.15) is 23.9 Å². The summed E-state index contributed by atoms with van der Waals surface area (Å²) in [5.74, 6) is -5.51. The van der Waals surface area contributed by atoms with Crippen LogP contribution in [0, 0.1) is 0 Å². The predicted molar refractivity (Wildman–Crippen MR) is 114 cm³/mol. The summed E-state index contributed by atoms with van der Waals surface area (Å²) < 4.78 is 90.5. The molecule has 3 N–H and O–H groups in total. The molecule has 3 heterocycles. The Kier molecular flexibility index (Phi) is 11.5. The number of halogens is 6. The fourth-order valence-corrected chi connectivity index (χ4v) is 3.42. The lowest BCUT2D eigenvalue weighted by Gasteiger charge is -2.33. The first-order valence-electron chi connectivity index (χ1n) is 10.1. The fourth-order valence-electron chi connectivity index (χ4n) is 2.93. The van der Waals surface area contributed by atoms with Gasteiger partial charge in [-0.3, -0.25) is 14.6 Å². The number of aromatic nitrogens is 3. The lowest BCUT2D eigenvalue weighted by molar-refractivity contribution is -0.193. The van der Waals surface area contributed by atoms with Crippen LogP contribution in [0.25, 0.3) is 0 Å². The van der Waals surface area contributed by atoms with Gasteiger partial charge in [-0.15, -0.1) is 0 Å². The highest BCUT2D eigenvalue weighted by molar-refractivity contribution is 7.88. The summed E-state index contributed by atoms with van der Waals surface area (Å²) in [5, 5.41) is 18.6. The van der Waals surface area contributed by atoms with E-state index in [0.717, 1.165) is 31.0 Å². The van der Waals surface area contributed by atoms with Crippen molar-refractivity contribution in [2.45, 2.75) is 37.9 Å². The van der Waals surface area contributed by atoms with Crippen LogP contribution in [-0.4, -0.2) is 81.9 Å². The van der Waals surface area contributed by atoms with Crippen LogP contribution in [0.3, 0.4) is 0 Å². The van der Waals surface area contributed by atoms with E-state index in [2.05, 4.69) is 19.7 Å². The van der Waals surface area contributed by atoms with Gasteiger partial charge < -0.3 is 10.2 Å². The second-order valence-corrected chi connectivity index (χ2v) is 9.31. The third-order valence-electron chi connectivity index (χ3n) is 4.39. The van der Waals surface area contributed by atoms with Crippen LogP contribution in [-0.2, 0) is 32.7 Å². The number of rotatable bonds is 6. The SMILES string of the molecule is CS(=O)(=O)NCCC1CN(Cc2ccccn2)Cc2ccnn21.O=C(O)C(F)(F)F.O=C(O)C(F)(F)F. The minimum absolute atomic E-state index is 0.159. The van der Waals surface area contributed by atoms with Gasteiger partial charge in [0.05, 0.1) is 23.7 Å². The number of pyridine rings is 1. The number of carboxylic acids is 2. The highest BCUT2D eigenvalue weighted by atomic mass is 32.2. The first-order chi connectivity index (χ1) is 16.9. The van der Waals surface area contributed by atoms with Gasteiger partial charge in [-0.05, 0) is 24.6 Å². The predicted octanol–water partition coefficient (Wildman–Crippen LogP) is 2.04. The Morgan fingerprint density at radius 3 is 2.08 bits per heavy atom. The molecule has 18 heteroatoms. The Morgan fingerprint density at radius 2 is 1.62 bits per heavy atom. The zero-order chi connectivity index (χ0) is 28.4. The molecule has 1 aliphatic rings. The Balaban J connectivity index is 0.000000404. The average molecular weight is 563 g/mol. The van der Waals surface area contributed by atoms with Crippen molar-refractivity contribution in [3.63, 3.8) is 0 Å². The number of hydrogen-bond donors (Lipinski definition) is 3. The third kappa shape index (κ3) is 12.5. The van der Waals surface area contributed by atoms with Crippen LogP contribution < -0.4 is 4.72 Å². The van der Waals surface area contributed by atoms with Gasteiger partial charge in [-0.25, -0.2) is 22.7 Å². The smallest absolute Gasteiger partial charge is 0.475 e. The van der Waals surface area contributed by atoms with Crippen molar-refractivity contribution in [2.75, 3.05) is 19.3 Å². The molecule has 208 valence electrons. The minimum atomic E-state index is -5.08. The van der Waals surface area contributed by atoms with Crippen molar-refractivity contribution >= 4 is 22.0 Å². The van der Waals surface area contributed by atoms with Crippen molar-refractivity contribution in [2.24, 2.45) is 0 Å². The summed E-state index contributed by atoms with van der Waals surface area (Å²) in [6, 6.07) is 8.10. The molecule has 0 amide bonds. The Hall–Kier alpha value is -3.25. The van der Waals surface area contributed by atoms with Crippen LogP contribution in [0.15, 0.2) is 36.7 Å². The molecule has 0 bridgehead atoms. The molecule has 37 heavy (non-hydrogen) atoms. The maximum absolute atomic E-state index is 11.2. The quantitative estimate of drug-likeness (QED) is 0.448. The summed E-state index contributed by atoms with van der Waals surface area (Å²) in [5.41, 5.74) is 2.19. The van der Waals surface area contributed by atoms with E-state index in [-0.39, 0.29) is 6.04 Å². The van der Waals surface area contributed by atoms with Crippen LogP contribution in [0.2, 0.25) is 0 Å².